The summed E-state index contributed by atoms with van der Waals surface area (Å²) in [7, 11) is 0. The Kier molecular flexibility index (Phi) is 4.39. The molecule has 0 saturated carbocycles. The van der Waals surface area contributed by atoms with Crippen molar-refractivity contribution in [1.29, 1.82) is 0 Å². The minimum atomic E-state index is 0.296. The van der Waals surface area contributed by atoms with Gasteiger partial charge in [-0.2, -0.15) is 0 Å². The topological polar surface area (TPSA) is 15.3 Å². The van der Waals surface area contributed by atoms with E-state index in [4.69, 9.17) is 0 Å². The second kappa shape index (κ2) is 5.13. The highest BCUT2D eigenvalue weighted by Gasteiger charge is 2.24. The summed E-state index contributed by atoms with van der Waals surface area (Å²) in [5, 5.41) is 3.60. The number of nitrogens with one attached hydrogen (secondary N) is 1. The molecular formula is C12H26N2. The molecule has 2 heteroatoms. The molecule has 0 aliphatic carbocycles. The molecule has 1 saturated heterocycles. The average Bonchev–Trinajstić information content (AvgIpc) is 2.26. The van der Waals surface area contributed by atoms with E-state index in [2.05, 4.69) is 37.9 Å². The molecule has 1 N–H and O–H groups in total. The first kappa shape index (κ1) is 12.0. The van der Waals surface area contributed by atoms with Crippen molar-refractivity contribution in [2.45, 2.75) is 46.1 Å². The van der Waals surface area contributed by atoms with Crippen molar-refractivity contribution in [3.8, 4) is 0 Å². The van der Waals surface area contributed by atoms with E-state index < -0.39 is 0 Å². The lowest BCUT2D eigenvalue weighted by molar-refractivity contribution is 0.203. The molecule has 2 nitrogen and oxygen atoms in total. The summed E-state index contributed by atoms with van der Waals surface area (Å²) >= 11 is 0. The normalized spacial score (nSPS) is 25.7. The quantitative estimate of drug-likeness (QED) is 0.747. The van der Waals surface area contributed by atoms with Gasteiger partial charge in [0.2, 0.25) is 0 Å². The maximum atomic E-state index is 3.60. The second-order valence-electron chi connectivity index (χ2n) is 5.41. The van der Waals surface area contributed by atoms with Gasteiger partial charge in [-0.1, -0.05) is 20.3 Å². The van der Waals surface area contributed by atoms with E-state index in [0.717, 1.165) is 5.92 Å². The third-order valence-electron chi connectivity index (χ3n) is 3.14. The molecule has 1 fully saturated rings. The molecule has 84 valence electrons. The minimum Gasteiger partial charge on any atom is -0.310 e. The van der Waals surface area contributed by atoms with Crippen molar-refractivity contribution in [1.82, 2.24) is 10.2 Å². The zero-order chi connectivity index (χ0) is 10.6. The van der Waals surface area contributed by atoms with Gasteiger partial charge in [0.05, 0.1) is 0 Å². The molecule has 0 aromatic heterocycles. The summed E-state index contributed by atoms with van der Waals surface area (Å²) in [5.41, 5.74) is 0.296. The van der Waals surface area contributed by atoms with Gasteiger partial charge in [0.15, 0.2) is 0 Å². The summed E-state index contributed by atoms with van der Waals surface area (Å²) in [4.78, 5) is 2.62. The molecule has 1 rings (SSSR count). The van der Waals surface area contributed by atoms with Crippen LogP contribution in [0.5, 0.6) is 0 Å². The Balaban J connectivity index is 2.43. The van der Waals surface area contributed by atoms with Crippen LogP contribution in [0.1, 0.15) is 40.5 Å². The Labute approximate surface area is 89.1 Å². The highest BCUT2D eigenvalue weighted by Crippen LogP contribution is 2.13. The smallest absolute Gasteiger partial charge is 0.0252 e. The molecular weight excluding hydrogens is 172 g/mol. The van der Waals surface area contributed by atoms with Crippen LogP contribution in [0.2, 0.25) is 0 Å². The molecule has 0 bridgehead atoms. The number of hydrogen-bond donors (Lipinski definition) is 1. The number of rotatable bonds is 3. The predicted octanol–water partition coefficient (Wildman–Crippen LogP) is 2.11. The molecule has 0 aromatic carbocycles. The van der Waals surface area contributed by atoms with E-state index in [9.17, 15) is 0 Å². The van der Waals surface area contributed by atoms with Crippen molar-refractivity contribution < 1.29 is 0 Å². The second-order valence-corrected chi connectivity index (χ2v) is 5.41. The minimum absolute atomic E-state index is 0.296. The molecule has 0 spiro atoms. The summed E-state index contributed by atoms with van der Waals surface area (Å²) < 4.78 is 0. The molecule has 1 atom stereocenters. The Morgan fingerprint density at radius 2 is 2.14 bits per heavy atom. The van der Waals surface area contributed by atoms with Gasteiger partial charge in [-0.15, -0.1) is 0 Å². The summed E-state index contributed by atoms with van der Waals surface area (Å²) in [6.07, 6.45) is 2.59. The van der Waals surface area contributed by atoms with Gasteiger partial charge in [-0.05, 0) is 39.3 Å². The standard InChI is InChI=1S/C12H26N2/c1-5-11(2)9-14-8-6-7-13-12(3,4)10-14/h11,13H,5-10H2,1-4H3. The van der Waals surface area contributed by atoms with Gasteiger partial charge < -0.3 is 10.2 Å². The van der Waals surface area contributed by atoms with E-state index in [1.54, 1.807) is 0 Å². The zero-order valence-electron chi connectivity index (χ0n) is 10.3. The highest BCUT2D eigenvalue weighted by molar-refractivity contribution is 4.85. The van der Waals surface area contributed by atoms with Crippen LogP contribution >= 0.6 is 0 Å². The molecule has 1 aliphatic heterocycles. The van der Waals surface area contributed by atoms with Crippen molar-refractivity contribution in [2.75, 3.05) is 26.2 Å². The first-order chi connectivity index (χ1) is 6.53. The SMILES string of the molecule is CCC(C)CN1CCCNC(C)(C)C1. The maximum absolute atomic E-state index is 3.60. The van der Waals surface area contributed by atoms with E-state index in [1.165, 1.54) is 39.0 Å². The highest BCUT2D eigenvalue weighted by atomic mass is 15.2. The average molecular weight is 198 g/mol. The third kappa shape index (κ3) is 3.97. The molecule has 1 aliphatic rings. The van der Waals surface area contributed by atoms with Crippen molar-refractivity contribution in [3.05, 3.63) is 0 Å². The molecule has 0 aromatic rings. The van der Waals surface area contributed by atoms with Crippen LogP contribution in [-0.2, 0) is 0 Å². The molecule has 14 heavy (non-hydrogen) atoms. The van der Waals surface area contributed by atoms with Crippen LogP contribution in [-0.4, -0.2) is 36.6 Å². The van der Waals surface area contributed by atoms with E-state index in [-0.39, 0.29) is 0 Å². The Bertz CT molecular complexity index is 166. The lowest BCUT2D eigenvalue weighted by Crippen LogP contribution is -2.47. The lowest BCUT2D eigenvalue weighted by atomic mass is 10.0. The fourth-order valence-corrected chi connectivity index (χ4v) is 2.15. The number of nitrogens with zero attached hydrogens (tertiary/aromatic N) is 1. The lowest BCUT2D eigenvalue weighted by Gasteiger charge is -2.31. The summed E-state index contributed by atoms with van der Waals surface area (Å²) in [6, 6.07) is 0. The largest absolute Gasteiger partial charge is 0.310 e. The first-order valence-corrected chi connectivity index (χ1v) is 6.01. The van der Waals surface area contributed by atoms with Gasteiger partial charge in [0.1, 0.15) is 0 Å². The summed E-state index contributed by atoms with van der Waals surface area (Å²) in [5.74, 6) is 0.837. The zero-order valence-corrected chi connectivity index (χ0v) is 10.3. The van der Waals surface area contributed by atoms with E-state index in [0.29, 0.717) is 5.54 Å². The van der Waals surface area contributed by atoms with Gasteiger partial charge in [-0.25, -0.2) is 0 Å². The molecule has 0 radical (unpaired) electrons. The van der Waals surface area contributed by atoms with Crippen LogP contribution in [0.4, 0.5) is 0 Å². The predicted molar refractivity (Wildman–Crippen MR) is 62.6 cm³/mol. The van der Waals surface area contributed by atoms with Crippen LogP contribution in [0.15, 0.2) is 0 Å². The molecule has 1 unspecified atom stereocenters. The van der Waals surface area contributed by atoms with Gasteiger partial charge in [0, 0.05) is 18.6 Å². The number of hydrogen-bond acceptors (Lipinski definition) is 2. The Morgan fingerprint density at radius 1 is 1.43 bits per heavy atom. The maximum Gasteiger partial charge on any atom is 0.0252 e. The van der Waals surface area contributed by atoms with Crippen molar-refractivity contribution >= 4 is 0 Å². The Hall–Kier alpha value is -0.0800. The van der Waals surface area contributed by atoms with Crippen molar-refractivity contribution in [2.24, 2.45) is 5.92 Å². The molecule has 0 amide bonds. The van der Waals surface area contributed by atoms with Crippen LogP contribution in [0, 0.1) is 5.92 Å². The Morgan fingerprint density at radius 3 is 2.79 bits per heavy atom. The van der Waals surface area contributed by atoms with Crippen LogP contribution in [0.3, 0.4) is 0 Å². The molecule has 1 heterocycles. The van der Waals surface area contributed by atoms with E-state index >= 15 is 0 Å². The van der Waals surface area contributed by atoms with Gasteiger partial charge >= 0.3 is 0 Å². The third-order valence-corrected chi connectivity index (χ3v) is 3.14. The first-order valence-electron chi connectivity index (χ1n) is 6.01. The van der Waals surface area contributed by atoms with Gasteiger partial charge in [-0.3, -0.25) is 0 Å². The fraction of sp³-hybridized carbons (Fsp3) is 1.00. The van der Waals surface area contributed by atoms with Crippen LogP contribution < -0.4 is 5.32 Å². The van der Waals surface area contributed by atoms with Gasteiger partial charge in [0.25, 0.3) is 0 Å². The van der Waals surface area contributed by atoms with Crippen LogP contribution in [0.25, 0.3) is 0 Å². The monoisotopic (exact) mass is 198 g/mol. The van der Waals surface area contributed by atoms with Crippen molar-refractivity contribution in [3.63, 3.8) is 0 Å². The summed E-state index contributed by atoms with van der Waals surface area (Å²) in [6.45, 7) is 14.1. The fourth-order valence-electron chi connectivity index (χ4n) is 2.15. The van der Waals surface area contributed by atoms with E-state index in [1.807, 2.05) is 0 Å².